The first-order valence-corrected chi connectivity index (χ1v) is 5.67. The highest BCUT2D eigenvalue weighted by molar-refractivity contribution is 4.78. The molecule has 0 aromatic carbocycles. The summed E-state index contributed by atoms with van der Waals surface area (Å²) in [6.07, 6.45) is 4.13. The average Bonchev–Trinajstić information content (AvgIpc) is 2.15. The first-order chi connectivity index (χ1) is 6.20. The maximum Gasteiger partial charge on any atom is 0.0105 e. The highest BCUT2D eigenvalue weighted by Crippen LogP contribution is 2.14. The molecule has 0 unspecified atom stereocenters. The van der Waals surface area contributed by atoms with Crippen molar-refractivity contribution in [1.82, 2.24) is 10.6 Å². The lowest BCUT2D eigenvalue weighted by Gasteiger charge is -2.29. The maximum atomic E-state index is 3.60. The van der Waals surface area contributed by atoms with Gasteiger partial charge in [0.2, 0.25) is 0 Å². The van der Waals surface area contributed by atoms with Crippen LogP contribution < -0.4 is 10.6 Å². The van der Waals surface area contributed by atoms with E-state index >= 15 is 0 Å². The van der Waals surface area contributed by atoms with Gasteiger partial charge in [-0.3, -0.25) is 0 Å². The topological polar surface area (TPSA) is 24.1 Å². The quantitative estimate of drug-likeness (QED) is 0.696. The molecule has 1 rings (SSSR count). The van der Waals surface area contributed by atoms with Gasteiger partial charge >= 0.3 is 0 Å². The van der Waals surface area contributed by atoms with E-state index < -0.39 is 0 Å². The maximum absolute atomic E-state index is 3.60. The van der Waals surface area contributed by atoms with Crippen molar-refractivity contribution in [1.29, 1.82) is 0 Å². The Kier molecular flexibility index (Phi) is 4.74. The Hall–Kier alpha value is -0.0800. The fourth-order valence-corrected chi connectivity index (χ4v) is 1.93. The fraction of sp³-hybridized carbons (Fsp3) is 1.00. The van der Waals surface area contributed by atoms with E-state index in [4.69, 9.17) is 0 Å². The summed E-state index contributed by atoms with van der Waals surface area (Å²) < 4.78 is 0. The van der Waals surface area contributed by atoms with Gasteiger partial charge in [0.05, 0.1) is 0 Å². The van der Waals surface area contributed by atoms with Crippen LogP contribution in [0, 0.1) is 5.92 Å². The molecule has 0 amide bonds. The van der Waals surface area contributed by atoms with E-state index in [9.17, 15) is 0 Å². The summed E-state index contributed by atoms with van der Waals surface area (Å²) in [6, 6.07) is 1.37. The van der Waals surface area contributed by atoms with Crippen LogP contribution in [0.4, 0.5) is 0 Å². The molecule has 0 spiro atoms. The third-order valence-electron chi connectivity index (χ3n) is 2.88. The molecule has 2 N–H and O–H groups in total. The summed E-state index contributed by atoms with van der Waals surface area (Å²) in [5.41, 5.74) is 0. The Balaban J connectivity index is 2.17. The van der Waals surface area contributed by atoms with Crippen molar-refractivity contribution in [3.8, 4) is 0 Å². The van der Waals surface area contributed by atoms with Crippen molar-refractivity contribution in [2.24, 2.45) is 5.92 Å². The molecule has 0 saturated carbocycles. The predicted octanol–water partition coefficient (Wildman–Crippen LogP) is 1.76. The first kappa shape index (κ1) is 11.0. The van der Waals surface area contributed by atoms with Gasteiger partial charge in [0.25, 0.3) is 0 Å². The van der Waals surface area contributed by atoms with Crippen LogP contribution in [0.2, 0.25) is 0 Å². The van der Waals surface area contributed by atoms with Gasteiger partial charge in [-0.15, -0.1) is 0 Å². The van der Waals surface area contributed by atoms with Crippen LogP contribution in [0.5, 0.6) is 0 Å². The Morgan fingerprint density at radius 1 is 1.31 bits per heavy atom. The molecule has 78 valence electrons. The molecule has 0 aromatic rings. The molecule has 0 radical (unpaired) electrons. The molecule has 1 saturated heterocycles. The second-order valence-electron chi connectivity index (χ2n) is 4.60. The Labute approximate surface area is 82.5 Å². The van der Waals surface area contributed by atoms with Gasteiger partial charge in [-0.25, -0.2) is 0 Å². The van der Waals surface area contributed by atoms with Crippen LogP contribution in [0.1, 0.15) is 40.0 Å². The van der Waals surface area contributed by atoms with Gasteiger partial charge in [0.15, 0.2) is 0 Å². The Morgan fingerprint density at radius 2 is 2.08 bits per heavy atom. The van der Waals surface area contributed by atoms with Gasteiger partial charge < -0.3 is 10.6 Å². The SMILES string of the molecule is CC(C)NC[C@H](C)[C@@H]1CCCCN1. The second-order valence-corrected chi connectivity index (χ2v) is 4.60. The zero-order valence-electron chi connectivity index (χ0n) is 9.27. The van der Waals surface area contributed by atoms with Crippen molar-refractivity contribution >= 4 is 0 Å². The van der Waals surface area contributed by atoms with Crippen LogP contribution in [-0.2, 0) is 0 Å². The summed E-state index contributed by atoms with van der Waals surface area (Å²) in [6.45, 7) is 9.13. The molecule has 13 heavy (non-hydrogen) atoms. The fourth-order valence-electron chi connectivity index (χ4n) is 1.93. The van der Waals surface area contributed by atoms with Gasteiger partial charge in [0.1, 0.15) is 0 Å². The van der Waals surface area contributed by atoms with Crippen LogP contribution in [0.3, 0.4) is 0 Å². The van der Waals surface area contributed by atoms with E-state index in [0.717, 1.165) is 18.5 Å². The molecule has 0 bridgehead atoms. The Bertz CT molecular complexity index is 128. The number of rotatable bonds is 4. The largest absolute Gasteiger partial charge is 0.314 e. The summed E-state index contributed by atoms with van der Waals surface area (Å²) >= 11 is 0. The lowest BCUT2D eigenvalue weighted by atomic mass is 9.93. The molecule has 1 fully saturated rings. The van der Waals surface area contributed by atoms with E-state index in [0.29, 0.717) is 6.04 Å². The van der Waals surface area contributed by atoms with E-state index in [1.807, 2.05) is 0 Å². The standard InChI is InChI=1S/C11H24N2/c1-9(2)13-8-10(3)11-6-4-5-7-12-11/h9-13H,4-8H2,1-3H3/t10-,11-/m0/s1. The summed E-state index contributed by atoms with van der Waals surface area (Å²) in [5, 5.41) is 7.11. The van der Waals surface area contributed by atoms with Crippen molar-refractivity contribution in [2.45, 2.75) is 52.1 Å². The number of hydrogen-bond acceptors (Lipinski definition) is 2. The zero-order chi connectivity index (χ0) is 9.68. The molecule has 2 atom stereocenters. The predicted molar refractivity (Wildman–Crippen MR) is 57.9 cm³/mol. The minimum Gasteiger partial charge on any atom is -0.314 e. The van der Waals surface area contributed by atoms with Crippen molar-refractivity contribution in [2.75, 3.05) is 13.1 Å². The first-order valence-electron chi connectivity index (χ1n) is 5.67. The van der Waals surface area contributed by atoms with Crippen LogP contribution >= 0.6 is 0 Å². The van der Waals surface area contributed by atoms with Crippen molar-refractivity contribution in [3.63, 3.8) is 0 Å². The van der Waals surface area contributed by atoms with Gasteiger partial charge in [-0.1, -0.05) is 27.2 Å². The lowest BCUT2D eigenvalue weighted by molar-refractivity contribution is 0.297. The van der Waals surface area contributed by atoms with Crippen molar-refractivity contribution in [3.05, 3.63) is 0 Å². The van der Waals surface area contributed by atoms with E-state index in [2.05, 4.69) is 31.4 Å². The normalized spacial score (nSPS) is 26.3. The van der Waals surface area contributed by atoms with Gasteiger partial charge in [-0.05, 0) is 31.8 Å². The summed E-state index contributed by atoms with van der Waals surface area (Å²) in [4.78, 5) is 0. The molecule has 0 aromatic heterocycles. The number of nitrogens with one attached hydrogen (secondary N) is 2. The van der Waals surface area contributed by atoms with E-state index in [1.54, 1.807) is 0 Å². The highest BCUT2D eigenvalue weighted by atomic mass is 15.0. The van der Waals surface area contributed by atoms with Crippen molar-refractivity contribution < 1.29 is 0 Å². The van der Waals surface area contributed by atoms with Gasteiger partial charge in [0, 0.05) is 12.1 Å². The second kappa shape index (κ2) is 5.61. The Morgan fingerprint density at radius 3 is 2.62 bits per heavy atom. The molecule has 1 aliphatic rings. The molecule has 2 heteroatoms. The monoisotopic (exact) mass is 184 g/mol. The third-order valence-corrected chi connectivity index (χ3v) is 2.88. The molecule has 1 aliphatic heterocycles. The van der Waals surface area contributed by atoms with E-state index in [1.165, 1.54) is 25.8 Å². The third kappa shape index (κ3) is 4.10. The molecule has 0 aliphatic carbocycles. The van der Waals surface area contributed by atoms with Crippen LogP contribution in [-0.4, -0.2) is 25.2 Å². The molecular weight excluding hydrogens is 160 g/mol. The summed E-state index contributed by atoms with van der Waals surface area (Å²) in [7, 11) is 0. The molecular formula is C11H24N2. The average molecular weight is 184 g/mol. The minimum atomic E-state index is 0.617. The highest BCUT2D eigenvalue weighted by Gasteiger charge is 2.18. The lowest BCUT2D eigenvalue weighted by Crippen LogP contribution is -2.43. The van der Waals surface area contributed by atoms with Crippen LogP contribution in [0.15, 0.2) is 0 Å². The minimum absolute atomic E-state index is 0.617. The smallest absolute Gasteiger partial charge is 0.0105 e. The number of piperidine rings is 1. The number of hydrogen-bond donors (Lipinski definition) is 2. The molecule has 2 nitrogen and oxygen atoms in total. The zero-order valence-corrected chi connectivity index (χ0v) is 9.27. The summed E-state index contributed by atoms with van der Waals surface area (Å²) in [5.74, 6) is 0.766. The van der Waals surface area contributed by atoms with Gasteiger partial charge in [-0.2, -0.15) is 0 Å². The van der Waals surface area contributed by atoms with Crippen LogP contribution in [0.25, 0.3) is 0 Å². The molecule has 1 heterocycles. The van der Waals surface area contributed by atoms with E-state index in [-0.39, 0.29) is 0 Å².